The van der Waals surface area contributed by atoms with E-state index in [1.54, 1.807) is 18.3 Å². The van der Waals surface area contributed by atoms with E-state index < -0.39 is 11.7 Å². The second-order valence-electron chi connectivity index (χ2n) is 6.50. The van der Waals surface area contributed by atoms with E-state index in [0.29, 0.717) is 23.4 Å². The number of benzene rings is 1. The number of alkyl halides is 3. The lowest BCUT2D eigenvalue weighted by Gasteiger charge is -2.10. The molecule has 0 bridgehead atoms. The third-order valence-corrected chi connectivity index (χ3v) is 4.58. The monoisotopic (exact) mass is 383 g/mol. The fourth-order valence-electron chi connectivity index (χ4n) is 3.12. The average molecular weight is 383 g/mol. The smallest absolute Gasteiger partial charge is 0.358 e. The number of hydrogen-bond acceptors (Lipinski definition) is 2. The summed E-state index contributed by atoms with van der Waals surface area (Å²) < 4.78 is 37.9. The van der Waals surface area contributed by atoms with Crippen LogP contribution in [0.1, 0.15) is 32.9 Å². The number of aromatic nitrogens is 2. The zero-order chi connectivity index (χ0) is 19.7. The summed E-state index contributed by atoms with van der Waals surface area (Å²) >= 11 is 0. The topological polar surface area (TPSA) is 57.8 Å². The van der Waals surface area contributed by atoms with Crippen LogP contribution in [0, 0.1) is 0 Å². The molecule has 0 aliphatic carbocycles. The van der Waals surface area contributed by atoms with Gasteiger partial charge in [-0.05, 0) is 42.0 Å². The fraction of sp³-hybridized carbons (Fsp3) is 0.143. The van der Waals surface area contributed by atoms with Crippen molar-refractivity contribution in [2.75, 3.05) is 6.54 Å². The van der Waals surface area contributed by atoms with Crippen LogP contribution < -0.4 is 5.32 Å². The number of aromatic amines is 1. The first-order chi connectivity index (χ1) is 13.4. The highest BCUT2D eigenvalue weighted by Gasteiger charge is 2.29. The molecule has 0 unspecified atom stereocenters. The number of carbonyl (C=O) groups is 1. The molecule has 0 fully saturated rings. The Morgan fingerprint density at radius 1 is 1.04 bits per heavy atom. The Morgan fingerprint density at radius 3 is 2.54 bits per heavy atom. The third-order valence-electron chi connectivity index (χ3n) is 4.58. The highest BCUT2D eigenvalue weighted by atomic mass is 19.4. The Labute approximate surface area is 159 Å². The van der Waals surface area contributed by atoms with Crippen molar-refractivity contribution in [1.82, 2.24) is 15.3 Å². The zero-order valence-corrected chi connectivity index (χ0v) is 14.7. The standard InChI is InChI=1S/C21H16F3N3O/c22-21(23,24)15-4-1-13(2-5-15)3-6-16-11-14(7-9-25-16)19-12-17-18(27-19)8-10-26-20(17)28/h1-7,9,11-12,27H,8,10H2,(H,26,28)/b6-3+. The van der Waals surface area contributed by atoms with Gasteiger partial charge < -0.3 is 10.3 Å². The molecule has 1 aliphatic rings. The molecule has 3 heterocycles. The number of H-pyrrole nitrogens is 1. The maximum atomic E-state index is 12.6. The van der Waals surface area contributed by atoms with Crippen LogP contribution >= 0.6 is 0 Å². The highest BCUT2D eigenvalue weighted by molar-refractivity contribution is 5.97. The van der Waals surface area contributed by atoms with E-state index >= 15 is 0 Å². The average Bonchev–Trinajstić information content (AvgIpc) is 3.12. The molecule has 4 nitrogen and oxygen atoms in total. The molecule has 0 atom stereocenters. The van der Waals surface area contributed by atoms with Crippen molar-refractivity contribution in [3.63, 3.8) is 0 Å². The molecular formula is C21H16F3N3O. The minimum absolute atomic E-state index is 0.0831. The van der Waals surface area contributed by atoms with E-state index in [9.17, 15) is 18.0 Å². The molecule has 142 valence electrons. The molecular weight excluding hydrogens is 367 g/mol. The molecule has 0 spiro atoms. The minimum atomic E-state index is -4.34. The first kappa shape index (κ1) is 18.0. The zero-order valence-electron chi connectivity index (χ0n) is 14.7. The van der Waals surface area contributed by atoms with Gasteiger partial charge in [0.05, 0.1) is 16.8 Å². The Kier molecular flexibility index (Phi) is 4.50. The molecule has 2 N–H and O–H groups in total. The van der Waals surface area contributed by atoms with Gasteiger partial charge in [0.25, 0.3) is 5.91 Å². The number of pyridine rings is 1. The molecule has 4 rings (SSSR count). The van der Waals surface area contributed by atoms with Crippen LogP contribution in [0.5, 0.6) is 0 Å². The summed E-state index contributed by atoms with van der Waals surface area (Å²) in [5, 5.41) is 2.81. The Hall–Kier alpha value is -3.35. The Bertz CT molecular complexity index is 1050. The molecule has 28 heavy (non-hydrogen) atoms. The number of halogens is 3. The number of fused-ring (bicyclic) bond motifs is 1. The largest absolute Gasteiger partial charge is 0.416 e. The minimum Gasteiger partial charge on any atom is -0.358 e. The van der Waals surface area contributed by atoms with E-state index in [4.69, 9.17) is 0 Å². The SMILES string of the molecule is O=C1NCCc2[nH]c(-c3ccnc(/C=C/c4ccc(C(F)(F)F)cc4)c3)cc21. The van der Waals surface area contributed by atoms with Crippen molar-refractivity contribution >= 4 is 18.1 Å². The second kappa shape index (κ2) is 6.99. The second-order valence-corrected chi connectivity index (χ2v) is 6.50. The van der Waals surface area contributed by atoms with E-state index in [1.807, 2.05) is 18.2 Å². The van der Waals surface area contributed by atoms with Gasteiger partial charge in [0.1, 0.15) is 0 Å². The van der Waals surface area contributed by atoms with Crippen molar-refractivity contribution in [3.8, 4) is 11.3 Å². The summed E-state index contributed by atoms with van der Waals surface area (Å²) in [6, 6.07) is 10.5. The lowest BCUT2D eigenvalue weighted by Crippen LogP contribution is -2.31. The van der Waals surface area contributed by atoms with Crippen LogP contribution in [-0.2, 0) is 12.6 Å². The number of hydrogen-bond donors (Lipinski definition) is 2. The van der Waals surface area contributed by atoms with Gasteiger partial charge in [-0.2, -0.15) is 13.2 Å². The summed E-state index contributed by atoms with van der Waals surface area (Å²) in [5.74, 6) is -0.0831. The van der Waals surface area contributed by atoms with Crippen molar-refractivity contribution in [2.45, 2.75) is 12.6 Å². The van der Waals surface area contributed by atoms with Gasteiger partial charge in [-0.1, -0.05) is 18.2 Å². The predicted molar refractivity (Wildman–Crippen MR) is 100 cm³/mol. The van der Waals surface area contributed by atoms with Crippen LogP contribution in [0.3, 0.4) is 0 Å². The van der Waals surface area contributed by atoms with Crippen molar-refractivity contribution in [2.24, 2.45) is 0 Å². The first-order valence-electron chi connectivity index (χ1n) is 8.72. The van der Waals surface area contributed by atoms with Crippen molar-refractivity contribution in [3.05, 3.63) is 76.7 Å². The summed E-state index contributed by atoms with van der Waals surface area (Å²) in [6.45, 7) is 0.614. The van der Waals surface area contributed by atoms with Crippen LogP contribution in [-0.4, -0.2) is 22.4 Å². The fourth-order valence-corrected chi connectivity index (χ4v) is 3.12. The Morgan fingerprint density at radius 2 is 1.82 bits per heavy atom. The first-order valence-corrected chi connectivity index (χ1v) is 8.72. The third kappa shape index (κ3) is 3.69. The molecule has 7 heteroatoms. The van der Waals surface area contributed by atoms with Crippen molar-refractivity contribution in [1.29, 1.82) is 0 Å². The quantitative estimate of drug-likeness (QED) is 0.697. The molecule has 0 saturated heterocycles. The van der Waals surface area contributed by atoms with Gasteiger partial charge in [0, 0.05) is 36.1 Å². The number of amides is 1. The van der Waals surface area contributed by atoms with Crippen LogP contribution in [0.25, 0.3) is 23.4 Å². The van der Waals surface area contributed by atoms with E-state index in [1.165, 1.54) is 12.1 Å². The summed E-state index contributed by atoms with van der Waals surface area (Å²) in [7, 11) is 0. The number of carbonyl (C=O) groups excluding carboxylic acids is 1. The summed E-state index contributed by atoms with van der Waals surface area (Å²) in [4.78, 5) is 19.5. The number of nitrogens with one attached hydrogen (secondary N) is 2. The molecule has 1 aliphatic heterocycles. The normalized spacial score (nSPS) is 14.2. The Balaban J connectivity index is 1.56. The lowest BCUT2D eigenvalue weighted by atomic mass is 10.1. The van der Waals surface area contributed by atoms with Crippen molar-refractivity contribution < 1.29 is 18.0 Å². The van der Waals surface area contributed by atoms with E-state index in [2.05, 4.69) is 15.3 Å². The van der Waals surface area contributed by atoms with E-state index in [-0.39, 0.29) is 5.91 Å². The summed E-state index contributed by atoms with van der Waals surface area (Å²) in [5.41, 5.74) is 3.90. The molecule has 3 aromatic rings. The number of rotatable bonds is 3. The van der Waals surface area contributed by atoms with E-state index in [0.717, 1.165) is 35.5 Å². The molecule has 2 aromatic heterocycles. The van der Waals surface area contributed by atoms with Gasteiger partial charge in [0.15, 0.2) is 0 Å². The molecule has 1 amide bonds. The molecule has 0 radical (unpaired) electrons. The summed E-state index contributed by atoms with van der Waals surface area (Å²) in [6.07, 6.45) is 1.51. The van der Waals surface area contributed by atoms with Crippen LogP contribution in [0.2, 0.25) is 0 Å². The molecule has 0 saturated carbocycles. The van der Waals surface area contributed by atoms with Gasteiger partial charge in [-0.3, -0.25) is 9.78 Å². The number of nitrogens with zero attached hydrogens (tertiary/aromatic N) is 1. The van der Waals surface area contributed by atoms with Gasteiger partial charge in [-0.25, -0.2) is 0 Å². The van der Waals surface area contributed by atoms with Gasteiger partial charge in [-0.15, -0.1) is 0 Å². The van der Waals surface area contributed by atoms with Gasteiger partial charge in [0.2, 0.25) is 0 Å². The highest BCUT2D eigenvalue weighted by Crippen LogP contribution is 2.29. The van der Waals surface area contributed by atoms with Gasteiger partial charge >= 0.3 is 6.18 Å². The predicted octanol–water partition coefficient (Wildman–Crippen LogP) is 4.55. The van der Waals surface area contributed by atoms with Crippen LogP contribution in [0.4, 0.5) is 13.2 Å². The maximum Gasteiger partial charge on any atom is 0.416 e. The molecule has 1 aromatic carbocycles. The lowest BCUT2D eigenvalue weighted by molar-refractivity contribution is -0.137. The van der Waals surface area contributed by atoms with Crippen LogP contribution in [0.15, 0.2) is 48.7 Å². The maximum absolute atomic E-state index is 12.6.